The third kappa shape index (κ3) is 4.46. The third-order valence-corrected chi connectivity index (χ3v) is 5.52. The van der Waals surface area contributed by atoms with Crippen LogP contribution in [-0.4, -0.2) is 19.6 Å². The zero-order chi connectivity index (χ0) is 19.7. The second-order valence-corrected chi connectivity index (χ2v) is 9.19. The minimum atomic E-state index is -2.49. The smallest absolute Gasteiger partial charge is 0.391 e. The van der Waals surface area contributed by atoms with Gasteiger partial charge >= 0.3 is 8.60 Å². The minimum absolute atomic E-state index is 0.136. The molecule has 0 aliphatic rings. The first-order chi connectivity index (χ1) is 12.8. The van der Waals surface area contributed by atoms with Gasteiger partial charge in [-0.3, -0.25) is 0 Å². The molecule has 0 aliphatic carbocycles. The van der Waals surface area contributed by atoms with E-state index < -0.39 is 8.60 Å². The number of nitrogens with zero attached hydrogens (tertiary/aromatic N) is 1. The number of aromatic nitrogens is 1. The molecule has 0 aliphatic heterocycles. The number of hydrogen-bond donors (Lipinski definition) is 2. The predicted molar refractivity (Wildman–Crippen MR) is 110 cm³/mol. The maximum atomic E-state index is 13.4. The maximum Gasteiger partial charge on any atom is 0.391 e. The lowest BCUT2D eigenvalue weighted by atomic mass is 10.0. The number of hydrogen-bond acceptors (Lipinski definition) is 4. The van der Waals surface area contributed by atoms with Crippen molar-refractivity contribution in [1.29, 1.82) is 0 Å². The van der Waals surface area contributed by atoms with Crippen LogP contribution in [0.2, 0.25) is 0 Å². The number of thioether (sulfide) groups is 1. The largest absolute Gasteiger partial charge is 0.427 e. The predicted octanol–water partition coefficient (Wildman–Crippen LogP) is 5.98. The summed E-state index contributed by atoms with van der Waals surface area (Å²) in [5.41, 5.74) is 2.74. The van der Waals surface area contributed by atoms with Crippen LogP contribution in [0.3, 0.4) is 0 Å². The number of fused-ring (bicyclic) bond motifs is 1. The van der Waals surface area contributed by atoms with Crippen molar-refractivity contribution in [2.75, 3.05) is 0 Å². The third-order valence-electron chi connectivity index (χ3n) is 4.14. The van der Waals surface area contributed by atoms with Crippen LogP contribution >= 0.6 is 20.4 Å². The van der Waals surface area contributed by atoms with E-state index in [-0.39, 0.29) is 11.7 Å². The van der Waals surface area contributed by atoms with E-state index in [4.69, 9.17) is 4.52 Å². The Kier molecular flexibility index (Phi) is 6.11. The van der Waals surface area contributed by atoms with E-state index in [1.165, 1.54) is 12.1 Å². The highest BCUT2D eigenvalue weighted by molar-refractivity contribution is 7.99. The van der Waals surface area contributed by atoms with Crippen molar-refractivity contribution in [2.45, 2.75) is 43.9 Å². The molecule has 2 N–H and O–H groups in total. The van der Waals surface area contributed by atoms with E-state index >= 15 is 0 Å². The summed E-state index contributed by atoms with van der Waals surface area (Å²) in [6, 6.07) is 12.3. The van der Waals surface area contributed by atoms with Crippen LogP contribution in [-0.2, 0) is 0 Å². The first kappa shape index (κ1) is 20.2. The van der Waals surface area contributed by atoms with E-state index in [1.807, 2.05) is 26.0 Å². The van der Waals surface area contributed by atoms with Gasteiger partial charge in [0.25, 0.3) is 0 Å². The zero-order valence-corrected chi connectivity index (χ0v) is 17.4. The lowest BCUT2D eigenvalue weighted by Gasteiger charge is -2.16. The monoisotopic (exact) mass is 407 g/mol. The standard InChI is InChI=1S/C20H23FNO3PS/c1-12(2)17-11-18-14(9-19(17)25-26(23)24)10-20(27-13(3)4)22(18)16-7-5-15(21)6-8-16/h5-13,23-24H,1-4H3. The van der Waals surface area contributed by atoms with Crippen LogP contribution in [0.4, 0.5) is 4.39 Å². The fraction of sp³-hybridized carbons (Fsp3) is 0.300. The highest BCUT2D eigenvalue weighted by Crippen LogP contribution is 2.41. The molecule has 0 fully saturated rings. The van der Waals surface area contributed by atoms with Crippen LogP contribution < -0.4 is 4.52 Å². The SMILES string of the molecule is CC(C)Sc1cc2cc(OP(O)O)c(C(C)C)cc2n1-c1ccc(F)cc1. The van der Waals surface area contributed by atoms with Crippen molar-refractivity contribution in [3.05, 3.63) is 53.8 Å². The van der Waals surface area contributed by atoms with Gasteiger partial charge in [-0.15, -0.1) is 11.8 Å². The number of rotatable bonds is 6. The molecule has 0 spiro atoms. The Morgan fingerprint density at radius 2 is 1.70 bits per heavy atom. The van der Waals surface area contributed by atoms with Gasteiger partial charge in [0.2, 0.25) is 0 Å². The van der Waals surface area contributed by atoms with Gasteiger partial charge in [0.15, 0.2) is 0 Å². The van der Waals surface area contributed by atoms with Crippen molar-refractivity contribution in [3.8, 4) is 11.4 Å². The van der Waals surface area contributed by atoms with Crippen LogP contribution in [0.15, 0.2) is 47.5 Å². The Hall–Kier alpha value is -1.59. The van der Waals surface area contributed by atoms with E-state index in [9.17, 15) is 14.2 Å². The van der Waals surface area contributed by atoms with E-state index in [0.717, 1.165) is 27.2 Å². The summed E-state index contributed by atoms with van der Waals surface area (Å²) < 4.78 is 20.8. The highest BCUT2D eigenvalue weighted by atomic mass is 32.2. The summed E-state index contributed by atoms with van der Waals surface area (Å²) in [7, 11) is -2.49. The molecule has 0 saturated carbocycles. The van der Waals surface area contributed by atoms with Crippen LogP contribution in [0, 0.1) is 5.82 Å². The maximum absolute atomic E-state index is 13.4. The molecule has 0 amide bonds. The summed E-state index contributed by atoms with van der Waals surface area (Å²) in [4.78, 5) is 18.6. The molecule has 2 aromatic carbocycles. The first-order valence-electron chi connectivity index (χ1n) is 8.74. The zero-order valence-electron chi connectivity index (χ0n) is 15.7. The summed E-state index contributed by atoms with van der Waals surface area (Å²) in [6.07, 6.45) is 0. The number of halogens is 1. The highest BCUT2D eigenvalue weighted by Gasteiger charge is 2.19. The molecule has 7 heteroatoms. The molecule has 1 heterocycles. The van der Waals surface area contributed by atoms with E-state index in [1.54, 1.807) is 23.9 Å². The van der Waals surface area contributed by atoms with Crippen LogP contribution in [0.1, 0.15) is 39.2 Å². The molecule has 0 radical (unpaired) electrons. The van der Waals surface area contributed by atoms with Gasteiger partial charge in [0.1, 0.15) is 11.6 Å². The normalized spacial score (nSPS) is 11.9. The van der Waals surface area contributed by atoms with Crippen molar-refractivity contribution in [3.63, 3.8) is 0 Å². The lowest BCUT2D eigenvalue weighted by molar-refractivity contribution is 0.373. The molecular formula is C20H23FNO3PS. The van der Waals surface area contributed by atoms with Gasteiger partial charge in [-0.2, -0.15) is 0 Å². The van der Waals surface area contributed by atoms with Crippen molar-refractivity contribution in [1.82, 2.24) is 4.57 Å². The molecule has 3 aromatic rings. The summed E-state index contributed by atoms with van der Waals surface area (Å²) >= 11 is 1.72. The molecule has 0 bridgehead atoms. The summed E-state index contributed by atoms with van der Waals surface area (Å²) in [5, 5.41) is 2.34. The van der Waals surface area contributed by atoms with Crippen LogP contribution in [0.25, 0.3) is 16.6 Å². The Labute approximate surface area is 164 Å². The Morgan fingerprint density at radius 3 is 2.26 bits per heavy atom. The lowest BCUT2D eigenvalue weighted by Crippen LogP contribution is -2.00. The Bertz CT molecular complexity index is 939. The van der Waals surface area contributed by atoms with Gasteiger partial charge in [0, 0.05) is 16.3 Å². The second kappa shape index (κ2) is 8.19. The van der Waals surface area contributed by atoms with Gasteiger partial charge in [-0.25, -0.2) is 4.39 Å². The summed E-state index contributed by atoms with van der Waals surface area (Å²) in [6.45, 7) is 8.30. The average Bonchev–Trinajstić information content (AvgIpc) is 2.90. The van der Waals surface area contributed by atoms with Gasteiger partial charge < -0.3 is 18.9 Å². The van der Waals surface area contributed by atoms with Gasteiger partial charge in [0.05, 0.1) is 10.5 Å². The molecule has 1 aromatic heterocycles. The molecule has 144 valence electrons. The van der Waals surface area contributed by atoms with E-state index in [2.05, 4.69) is 24.5 Å². The Morgan fingerprint density at radius 1 is 1.04 bits per heavy atom. The minimum Gasteiger partial charge on any atom is -0.427 e. The quantitative estimate of drug-likeness (QED) is 0.390. The fourth-order valence-corrected chi connectivity index (χ4v) is 4.35. The van der Waals surface area contributed by atoms with Crippen molar-refractivity contribution >= 4 is 31.3 Å². The second-order valence-electron chi connectivity index (χ2n) is 6.91. The molecule has 27 heavy (non-hydrogen) atoms. The Balaban J connectivity index is 2.26. The molecule has 0 atom stereocenters. The molecule has 0 unspecified atom stereocenters. The molecule has 4 nitrogen and oxygen atoms in total. The van der Waals surface area contributed by atoms with Gasteiger partial charge in [-0.1, -0.05) is 27.7 Å². The summed E-state index contributed by atoms with van der Waals surface area (Å²) in [5.74, 6) is 0.342. The molecular weight excluding hydrogens is 384 g/mol. The van der Waals surface area contributed by atoms with Crippen molar-refractivity contribution < 1.29 is 18.7 Å². The topological polar surface area (TPSA) is 54.6 Å². The van der Waals surface area contributed by atoms with Gasteiger partial charge in [-0.05, 0) is 53.9 Å². The first-order valence-corrected chi connectivity index (χ1v) is 10.8. The average molecular weight is 407 g/mol. The molecule has 3 rings (SSSR count). The van der Waals surface area contributed by atoms with Crippen LogP contribution in [0.5, 0.6) is 5.75 Å². The van der Waals surface area contributed by atoms with E-state index in [0.29, 0.717) is 11.0 Å². The molecule has 0 saturated heterocycles. The number of benzene rings is 2. The fourth-order valence-electron chi connectivity index (χ4n) is 3.03. The van der Waals surface area contributed by atoms with Crippen molar-refractivity contribution in [2.24, 2.45) is 0 Å².